The number of hydrogen-bond acceptors (Lipinski definition) is 7. The van der Waals surface area contributed by atoms with E-state index in [1.54, 1.807) is 70.3 Å². The summed E-state index contributed by atoms with van der Waals surface area (Å²) in [6.45, 7) is 5.48. The van der Waals surface area contributed by atoms with Gasteiger partial charge in [-0.25, -0.2) is 4.79 Å². The normalized spacial score (nSPS) is 11.6. The minimum atomic E-state index is -1.01. The van der Waals surface area contributed by atoms with E-state index in [1.807, 2.05) is 30.3 Å². The van der Waals surface area contributed by atoms with Gasteiger partial charge in [-0.15, -0.1) is 0 Å². The number of carbonyl (C=O) groups excluding carboxylic acids is 3. The molecule has 0 aromatic heterocycles. The number of carbonyl (C=O) groups is 3. The smallest absolute Gasteiger partial charge is 0.408 e. The zero-order valence-electron chi connectivity index (χ0n) is 23.6. The molecule has 9 nitrogen and oxygen atoms in total. The third kappa shape index (κ3) is 11.0. The summed E-state index contributed by atoms with van der Waals surface area (Å²) in [5.41, 5.74) is 0.898. The third-order valence-corrected chi connectivity index (χ3v) is 5.94. The predicted molar refractivity (Wildman–Crippen MR) is 155 cm³/mol. The van der Waals surface area contributed by atoms with Crippen LogP contribution in [0.1, 0.15) is 44.7 Å². The molecule has 1 unspecified atom stereocenters. The summed E-state index contributed by atoms with van der Waals surface area (Å²) in [5.74, 6) is 0.719. The van der Waals surface area contributed by atoms with E-state index in [4.69, 9.17) is 30.5 Å². The minimum absolute atomic E-state index is 0.0358. The first kappa shape index (κ1) is 31.3. The Morgan fingerprint density at radius 1 is 0.902 bits per heavy atom. The van der Waals surface area contributed by atoms with Gasteiger partial charge in [-0.2, -0.15) is 0 Å². The van der Waals surface area contributed by atoms with Crippen LogP contribution in [0.4, 0.5) is 4.79 Å². The molecule has 1 atom stereocenters. The second kappa shape index (κ2) is 14.9. The molecule has 0 saturated heterocycles. The highest BCUT2D eigenvalue weighted by Crippen LogP contribution is 2.32. The van der Waals surface area contributed by atoms with Gasteiger partial charge in [0.25, 0.3) is 0 Å². The molecule has 41 heavy (non-hydrogen) atoms. The number of nitrogens with one attached hydrogen (secondary N) is 2. The van der Waals surface area contributed by atoms with Crippen molar-refractivity contribution in [3.8, 4) is 17.2 Å². The van der Waals surface area contributed by atoms with E-state index in [0.29, 0.717) is 22.3 Å². The van der Waals surface area contributed by atoms with Gasteiger partial charge in [0, 0.05) is 19.0 Å². The summed E-state index contributed by atoms with van der Waals surface area (Å²) >= 11 is 6.25. The standard InChI is InChI=1S/C31H35ClN2O7/c1-31(2,3)41-30(37)34-26(15-17-28(35)39-20-22-8-6-5-7-9-22)29(36)33-19-21-10-12-23(13-11-21)40-27-16-14-24(38-4)18-25(27)32/h5-14,16,18,26H,15,17,19-20H2,1-4H3,(H,33,36)(H,34,37). The number of methoxy groups -OCH3 is 1. The number of benzene rings is 3. The summed E-state index contributed by atoms with van der Waals surface area (Å²) in [6.07, 6.45) is -0.789. The molecule has 3 rings (SSSR count). The Morgan fingerprint density at radius 3 is 2.22 bits per heavy atom. The fourth-order valence-corrected chi connectivity index (χ4v) is 3.81. The van der Waals surface area contributed by atoms with Crippen LogP contribution in [-0.4, -0.2) is 36.7 Å². The summed E-state index contributed by atoms with van der Waals surface area (Å²) in [7, 11) is 1.56. The predicted octanol–water partition coefficient (Wildman–Crippen LogP) is 6.17. The molecule has 0 fully saturated rings. The number of esters is 1. The maximum Gasteiger partial charge on any atom is 0.408 e. The molecule has 0 bridgehead atoms. The van der Waals surface area contributed by atoms with Crippen LogP contribution < -0.4 is 20.1 Å². The molecule has 0 heterocycles. The van der Waals surface area contributed by atoms with E-state index < -0.39 is 29.6 Å². The molecule has 0 saturated carbocycles. The van der Waals surface area contributed by atoms with Gasteiger partial charge >= 0.3 is 12.1 Å². The van der Waals surface area contributed by atoms with Crippen molar-refractivity contribution in [2.45, 2.75) is 58.4 Å². The van der Waals surface area contributed by atoms with Crippen molar-refractivity contribution in [1.82, 2.24) is 10.6 Å². The van der Waals surface area contributed by atoms with Crippen LogP contribution in [0.5, 0.6) is 17.2 Å². The molecule has 0 aliphatic heterocycles. The SMILES string of the molecule is COc1ccc(Oc2ccc(CNC(=O)C(CCC(=O)OCc3ccccc3)NC(=O)OC(C)(C)C)cc2)c(Cl)c1. The Kier molecular flexibility index (Phi) is 11.4. The van der Waals surface area contributed by atoms with E-state index in [2.05, 4.69) is 10.6 Å². The second-order valence-corrected chi connectivity index (χ2v) is 10.6. The van der Waals surface area contributed by atoms with Crippen molar-refractivity contribution in [3.05, 3.63) is 88.9 Å². The molecule has 2 N–H and O–H groups in total. The molecule has 0 aliphatic carbocycles. The van der Waals surface area contributed by atoms with Crippen LogP contribution in [0.3, 0.4) is 0 Å². The first-order valence-electron chi connectivity index (χ1n) is 13.1. The van der Waals surface area contributed by atoms with Gasteiger partial charge in [-0.1, -0.05) is 54.1 Å². The average Bonchev–Trinajstić information content (AvgIpc) is 2.94. The van der Waals surface area contributed by atoms with Crippen molar-refractivity contribution in [2.24, 2.45) is 0 Å². The summed E-state index contributed by atoms with van der Waals surface area (Å²) in [4.78, 5) is 37.7. The molecule has 0 spiro atoms. The van der Waals surface area contributed by atoms with E-state index >= 15 is 0 Å². The Balaban J connectivity index is 1.56. The highest BCUT2D eigenvalue weighted by Gasteiger charge is 2.25. The molecule has 2 amide bonds. The molecule has 0 aliphatic rings. The van der Waals surface area contributed by atoms with E-state index in [0.717, 1.165) is 11.1 Å². The van der Waals surface area contributed by atoms with E-state index in [-0.39, 0.29) is 26.0 Å². The lowest BCUT2D eigenvalue weighted by atomic mass is 10.1. The summed E-state index contributed by atoms with van der Waals surface area (Å²) < 4.78 is 21.6. The van der Waals surface area contributed by atoms with Crippen LogP contribution in [0.15, 0.2) is 72.8 Å². The Morgan fingerprint density at radius 2 is 1.59 bits per heavy atom. The molecule has 3 aromatic rings. The molecule has 10 heteroatoms. The highest BCUT2D eigenvalue weighted by molar-refractivity contribution is 6.32. The third-order valence-electron chi connectivity index (χ3n) is 5.64. The number of rotatable bonds is 12. The van der Waals surface area contributed by atoms with E-state index in [1.165, 1.54) is 0 Å². The van der Waals surface area contributed by atoms with Gasteiger partial charge in [-0.05, 0) is 62.6 Å². The fourth-order valence-electron chi connectivity index (χ4n) is 3.60. The summed E-state index contributed by atoms with van der Waals surface area (Å²) in [6, 6.07) is 20.5. The van der Waals surface area contributed by atoms with Crippen LogP contribution >= 0.6 is 11.6 Å². The number of amides is 2. The minimum Gasteiger partial charge on any atom is -0.497 e. The lowest BCUT2D eigenvalue weighted by Crippen LogP contribution is -2.48. The molecule has 3 aromatic carbocycles. The number of hydrogen-bond donors (Lipinski definition) is 2. The molecular formula is C31H35ClN2O7. The van der Waals surface area contributed by atoms with Crippen LogP contribution in [0.25, 0.3) is 0 Å². The van der Waals surface area contributed by atoms with Gasteiger partial charge in [0.1, 0.15) is 35.5 Å². The lowest BCUT2D eigenvalue weighted by Gasteiger charge is -2.23. The Hall–Kier alpha value is -4.24. The van der Waals surface area contributed by atoms with Gasteiger partial charge in [-0.3, -0.25) is 9.59 Å². The quantitative estimate of drug-likeness (QED) is 0.245. The maximum atomic E-state index is 13.0. The molecule has 218 valence electrons. The van der Waals surface area contributed by atoms with Crippen molar-refractivity contribution in [1.29, 1.82) is 0 Å². The number of ether oxygens (including phenoxy) is 4. The van der Waals surface area contributed by atoms with Gasteiger partial charge in [0.15, 0.2) is 0 Å². The van der Waals surface area contributed by atoms with Crippen LogP contribution in [0, 0.1) is 0 Å². The first-order chi connectivity index (χ1) is 19.5. The van der Waals surface area contributed by atoms with E-state index in [9.17, 15) is 14.4 Å². The average molecular weight is 583 g/mol. The van der Waals surface area contributed by atoms with Gasteiger partial charge < -0.3 is 29.6 Å². The number of alkyl carbamates (subject to hydrolysis) is 1. The van der Waals surface area contributed by atoms with Crippen molar-refractivity contribution in [2.75, 3.05) is 7.11 Å². The largest absolute Gasteiger partial charge is 0.497 e. The van der Waals surface area contributed by atoms with Crippen molar-refractivity contribution in [3.63, 3.8) is 0 Å². The van der Waals surface area contributed by atoms with Gasteiger partial charge in [0.05, 0.1) is 12.1 Å². The molecular weight excluding hydrogens is 548 g/mol. The zero-order chi connectivity index (χ0) is 29.8. The fraction of sp³-hybridized carbons (Fsp3) is 0.323. The monoisotopic (exact) mass is 582 g/mol. The Labute approximate surface area is 245 Å². The first-order valence-corrected chi connectivity index (χ1v) is 13.5. The molecule has 0 radical (unpaired) electrons. The highest BCUT2D eigenvalue weighted by atomic mass is 35.5. The van der Waals surface area contributed by atoms with Crippen molar-refractivity contribution >= 4 is 29.6 Å². The van der Waals surface area contributed by atoms with Gasteiger partial charge in [0.2, 0.25) is 5.91 Å². The van der Waals surface area contributed by atoms with Crippen LogP contribution in [-0.2, 0) is 32.2 Å². The zero-order valence-corrected chi connectivity index (χ0v) is 24.3. The topological polar surface area (TPSA) is 112 Å². The Bertz CT molecular complexity index is 1310. The van der Waals surface area contributed by atoms with Crippen molar-refractivity contribution < 1.29 is 33.3 Å². The second-order valence-electron chi connectivity index (χ2n) is 10.1. The number of halogens is 1. The summed E-state index contributed by atoms with van der Waals surface area (Å²) in [5, 5.41) is 5.78. The lowest BCUT2D eigenvalue weighted by molar-refractivity contribution is -0.145. The van der Waals surface area contributed by atoms with Crippen LogP contribution in [0.2, 0.25) is 5.02 Å². The maximum absolute atomic E-state index is 13.0.